The first-order valence-electron chi connectivity index (χ1n) is 7.14. The van der Waals surface area contributed by atoms with Crippen molar-refractivity contribution in [2.24, 2.45) is 0 Å². The highest BCUT2D eigenvalue weighted by molar-refractivity contribution is 5.88. The number of ether oxygens (including phenoxy) is 1. The molecule has 3 heteroatoms. The van der Waals surface area contributed by atoms with Gasteiger partial charge >= 0.3 is 0 Å². The first-order chi connectivity index (χ1) is 10.1. The van der Waals surface area contributed by atoms with E-state index in [0.717, 1.165) is 16.7 Å². The van der Waals surface area contributed by atoms with Gasteiger partial charge < -0.3 is 10.1 Å². The van der Waals surface area contributed by atoms with Crippen LogP contribution in [-0.2, 0) is 15.1 Å². The topological polar surface area (TPSA) is 38.3 Å². The van der Waals surface area contributed by atoms with Crippen molar-refractivity contribution in [1.82, 2.24) is 5.32 Å². The normalized spacial score (nSPS) is 13.5. The van der Waals surface area contributed by atoms with E-state index in [1.54, 1.807) is 7.05 Å². The predicted molar refractivity (Wildman–Crippen MR) is 84.9 cm³/mol. The van der Waals surface area contributed by atoms with Crippen LogP contribution >= 0.6 is 0 Å². The van der Waals surface area contributed by atoms with Gasteiger partial charge in [-0.2, -0.15) is 0 Å². The fourth-order valence-electron chi connectivity index (χ4n) is 2.56. The average molecular weight is 283 g/mol. The molecule has 0 aliphatic carbocycles. The molecule has 0 spiro atoms. The lowest BCUT2D eigenvalue weighted by molar-refractivity contribution is -0.145. The lowest BCUT2D eigenvalue weighted by atomic mass is 9.87. The third-order valence-corrected chi connectivity index (χ3v) is 3.62. The molecule has 0 heterocycles. The molecule has 2 aromatic carbocycles. The van der Waals surface area contributed by atoms with Gasteiger partial charge in [0.1, 0.15) is 0 Å². The zero-order valence-electron chi connectivity index (χ0n) is 12.7. The third kappa shape index (κ3) is 2.98. The van der Waals surface area contributed by atoms with Crippen LogP contribution in [0.4, 0.5) is 0 Å². The molecule has 0 aliphatic rings. The van der Waals surface area contributed by atoms with Crippen LogP contribution in [0.5, 0.6) is 0 Å². The summed E-state index contributed by atoms with van der Waals surface area (Å²) in [7, 11) is 1.63. The Morgan fingerprint density at radius 3 is 2.33 bits per heavy atom. The summed E-state index contributed by atoms with van der Waals surface area (Å²) in [6.45, 7) is 4.18. The first-order valence-corrected chi connectivity index (χ1v) is 7.14. The number of hydrogen-bond donors (Lipinski definition) is 1. The van der Waals surface area contributed by atoms with Crippen LogP contribution in [0.2, 0.25) is 0 Å². The quantitative estimate of drug-likeness (QED) is 0.914. The number of likely N-dealkylation sites (N-methyl/N-ethyl adjacent to an activating group) is 1. The van der Waals surface area contributed by atoms with Gasteiger partial charge in [0.25, 0.3) is 5.91 Å². The standard InChI is InChI=1S/C18H21NO2/c1-4-21-18(2,17(20)19-3)16-13-9-8-12-15(16)14-10-6-5-7-11-14/h5-13H,4H2,1-3H3,(H,19,20). The van der Waals surface area contributed by atoms with Crippen LogP contribution < -0.4 is 5.32 Å². The number of nitrogens with one attached hydrogen (secondary N) is 1. The van der Waals surface area contributed by atoms with Crippen LogP contribution in [0.3, 0.4) is 0 Å². The van der Waals surface area contributed by atoms with E-state index in [2.05, 4.69) is 5.32 Å². The number of rotatable bonds is 5. The minimum absolute atomic E-state index is 0.146. The van der Waals surface area contributed by atoms with Crippen molar-refractivity contribution < 1.29 is 9.53 Å². The highest BCUT2D eigenvalue weighted by Gasteiger charge is 2.37. The summed E-state index contributed by atoms with van der Waals surface area (Å²) in [6, 6.07) is 17.9. The maximum atomic E-state index is 12.4. The van der Waals surface area contributed by atoms with E-state index in [-0.39, 0.29) is 5.91 Å². The average Bonchev–Trinajstić information content (AvgIpc) is 2.55. The van der Waals surface area contributed by atoms with E-state index in [1.165, 1.54) is 0 Å². The zero-order chi connectivity index (χ0) is 15.3. The Kier molecular flexibility index (Phi) is 4.76. The SMILES string of the molecule is CCOC(C)(C(=O)NC)c1ccccc1-c1ccccc1. The Morgan fingerprint density at radius 2 is 1.71 bits per heavy atom. The molecule has 0 saturated carbocycles. The van der Waals surface area contributed by atoms with E-state index >= 15 is 0 Å². The fourth-order valence-corrected chi connectivity index (χ4v) is 2.56. The van der Waals surface area contributed by atoms with E-state index in [0.29, 0.717) is 6.61 Å². The van der Waals surface area contributed by atoms with Gasteiger partial charge in [0, 0.05) is 19.2 Å². The Hall–Kier alpha value is -2.13. The van der Waals surface area contributed by atoms with Crippen molar-refractivity contribution in [1.29, 1.82) is 0 Å². The maximum Gasteiger partial charge on any atom is 0.256 e. The molecule has 1 amide bonds. The highest BCUT2D eigenvalue weighted by Crippen LogP contribution is 2.34. The Bertz CT molecular complexity index is 610. The van der Waals surface area contributed by atoms with Gasteiger partial charge in [-0.25, -0.2) is 0 Å². The zero-order valence-corrected chi connectivity index (χ0v) is 12.7. The molecule has 1 atom stereocenters. The fraction of sp³-hybridized carbons (Fsp3) is 0.278. The van der Waals surface area contributed by atoms with Crippen molar-refractivity contribution in [2.45, 2.75) is 19.4 Å². The second kappa shape index (κ2) is 6.55. The van der Waals surface area contributed by atoms with Crippen LogP contribution in [0.25, 0.3) is 11.1 Å². The minimum atomic E-state index is -1.00. The number of hydrogen-bond acceptors (Lipinski definition) is 2. The van der Waals surface area contributed by atoms with Gasteiger partial charge in [-0.1, -0.05) is 54.6 Å². The minimum Gasteiger partial charge on any atom is -0.361 e. The second-order valence-electron chi connectivity index (χ2n) is 4.96. The van der Waals surface area contributed by atoms with Gasteiger partial charge in [-0.3, -0.25) is 4.79 Å². The molecule has 3 nitrogen and oxygen atoms in total. The molecule has 2 aromatic rings. The van der Waals surface area contributed by atoms with Gasteiger partial charge in [0.15, 0.2) is 5.60 Å². The smallest absolute Gasteiger partial charge is 0.256 e. The molecule has 110 valence electrons. The third-order valence-electron chi connectivity index (χ3n) is 3.62. The second-order valence-corrected chi connectivity index (χ2v) is 4.96. The van der Waals surface area contributed by atoms with Crippen LogP contribution in [0.1, 0.15) is 19.4 Å². The molecule has 0 bridgehead atoms. The molecule has 0 aromatic heterocycles. The van der Waals surface area contributed by atoms with Crippen molar-refractivity contribution >= 4 is 5.91 Å². The van der Waals surface area contributed by atoms with Gasteiger partial charge in [-0.15, -0.1) is 0 Å². The number of amides is 1. The van der Waals surface area contributed by atoms with Gasteiger partial charge in [-0.05, 0) is 25.0 Å². The van der Waals surface area contributed by atoms with Crippen molar-refractivity contribution in [3.63, 3.8) is 0 Å². The van der Waals surface area contributed by atoms with Gasteiger partial charge in [0.2, 0.25) is 0 Å². The number of benzene rings is 2. The summed E-state index contributed by atoms with van der Waals surface area (Å²) >= 11 is 0. The summed E-state index contributed by atoms with van der Waals surface area (Å²) in [5.74, 6) is -0.146. The maximum absolute atomic E-state index is 12.4. The van der Waals surface area contributed by atoms with Gasteiger partial charge in [0.05, 0.1) is 0 Å². The molecule has 0 fully saturated rings. The molecular weight excluding hydrogens is 262 g/mol. The monoisotopic (exact) mass is 283 g/mol. The van der Waals surface area contributed by atoms with Crippen LogP contribution in [-0.4, -0.2) is 19.6 Å². The highest BCUT2D eigenvalue weighted by atomic mass is 16.5. The van der Waals surface area contributed by atoms with Crippen molar-refractivity contribution in [3.05, 3.63) is 60.2 Å². The molecule has 21 heavy (non-hydrogen) atoms. The summed E-state index contributed by atoms with van der Waals surface area (Å²) in [6.07, 6.45) is 0. The van der Waals surface area contributed by atoms with Crippen LogP contribution in [0, 0.1) is 0 Å². The molecule has 0 saturated heterocycles. The predicted octanol–water partition coefficient (Wildman–Crippen LogP) is 3.35. The number of carbonyl (C=O) groups excluding carboxylic acids is 1. The summed E-state index contributed by atoms with van der Waals surface area (Å²) in [4.78, 5) is 12.4. The van der Waals surface area contributed by atoms with Crippen molar-refractivity contribution in [3.8, 4) is 11.1 Å². The molecule has 2 rings (SSSR count). The summed E-state index contributed by atoms with van der Waals surface area (Å²) in [5.41, 5.74) is 1.95. The van der Waals surface area contributed by atoms with E-state index < -0.39 is 5.60 Å². The summed E-state index contributed by atoms with van der Waals surface area (Å²) < 4.78 is 5.82. The Morgan fingerprint density at radius 1 is 1.10 bits per heavy atom. The van der Waals surface area contributed by atoms with Crippen LogP contribution in [0.15, 0.2) is 54.6 Å². The molecule has 1 N–H and O–H groups in total. The summed E-state index contributed by atoms with van der Waals surface area (Å²) in [5, 5.41) is 2.70. The molecule has 0 aliphatic heterocycles. The van der Waals surface area contributed by atoms with E-state index in [9.17, 15) is 4.79 Å². The molecular formula is C18H21NO2. The Labute approximate surface area is 126 Å². The molecule has 0 radical (unpaired) electrons. The number of carbonyl (C=O) groups is 1. The lowest BCUT2D eigenvalue weighted by Gasteiger charge is -2.30. The first kappa shape index (κ1) is 15.3. The Balaban J connectivity index is 2.60. The van der Waals surface area contributed by atoms with E-state index in [4.69, 9.17) is 4.74 Å². The van der Waals surface area contributed by atoms with E-state index in [1.807, 2.05) is 68.4 Å². The van der Waals surface area contributed by atoms with Crippen molar-refractivity contribution in [2.75, 3.05) is 13.7 Å². The largest absolute Gasteiger partial charge is 0.361 e. The molecule has 1 unspecified atom stereocenters. The lowest BCUT2D eigenvalue weighted by Crippen LogP contribution is -2.43.